The molecule has 0 bridgehead atoms. The van der Waals surface area contributed by atoms with Crippen LogP contribution in [0.15, 0.2) is 54.6 Å². The molecule has 6 nitrogen and oxygen atoms in total. The zero-order valence-corrected chi connectivity index (χ0v) is 17.6. The molecule has 1 saturated carbocycles. The maximum atomic E-state index is 12.8. The van der Waals surface area contributed by atoms with E-state index in [2.05, 4.69) is 6.92 Å². The number of esters is 1. The van der Waals surface area contributed by atoms with E-state index < -0.39 is 12.1 Å². The van der Waals surface area contributed by atoms with E-state index in [1.165, 1.54) is 24.0 Å². The third-order valence-corrected chi connectivity index (χ3v) is 6.26. The predicted molar refractivity (Wildman–Crippen MR) is 115 cm³/mol. The lowest BCUT2D eigenvalue weighted by atomic mass is 9.76. The van der Waals surface area contributed by atoms with Crippen molar-refractivity contribution < 1.29 is 23.9 Å². The van der Waals surface area contributed by atoms with Crippen molar-refractivity contribution in [1.29, 1.82) is 0 Å². The lowest BCUT2D eigenvalue weighted by molar-refractivity contribution is -0.122. The van der Waals surface area contributed by atoms with Crippen molar-refractivity contribution in [2.45, 2.75) is 39.2 Å². The fraction of sp³-hybridized carbons (Fsp3) is 0.360. The van der Waals surface area contributed by atoms with Gasteiger partial charge in [0.1, 0.15) is 0 Å². The number of fused-ring (bicyclic) bond motifs is 1. The van der Waals surface area contributed by atoms with Gasteiger partial charge >= 0.3 is 5.97 Å². The van der Waals surface area contributed by atoms with Crippen LogP contribution in [0, 0.1) is 17.8 Å². The van der Waals surface area contributed by atoms with Crippen molar-refractivity contribution in [3.8, 4) is 0 Å². The molecule has 2 aliphatic rings. The summed E-state index contributed by atoms with van der Waals surface area (Å²) >= 11 is 0. The smallest absolute Gasteiger partial charge is 0.338 e. The highest BCUT2D eigenvalue weighted by Crippen LogP contribution is 2.42. The molecule has 0 radical (unpaired) electrons. The molecule has 1 aliphatic carbocycles. The van der Waals surface area contributed by atoms with Gasteiger partial charge in [-0.15, -0.1) is 0 Å². The van der Waals surface area contributed by atoms with E-state index in [1.54, 1.807) is 42.5 Å². The van der Waals surface area contributed by atoms with Crippen molar-refractivity contribution in [2.24, 2.45) is 17.8 Å². The molecule has 2 aromatic carbocycles. The van der Waals surface area contributed by atoms with Crippen molar-refractivity contribution in [3.63, 3.8) is 0 Å². The summed E-state index contributed by atoms with van der Waals surface area (Å²) in [6.45, 7) is 3.65. The number of anilines is 1. The van der Waals surface area contributed by atoms with Gasteiger partial charge in [0, 0.05) is 5.56 Å². The van der Waals surface area contributed by atoms with Gasteiger partial charge in [0.2, 0.25) is 17.6 Å². The molecule has 2 fully saturated rings. The maximum Gasteiger partial charge on any atom is 0.338 e. The number of imide groups is 1. The van der Waals surface area contributed by atoms with Crippen molar-refractivity contribution in [2.75, 3.05) is 4.90 Å². The number of carbonyl (C=O) groups excluding carboxylic acids is 4. The molecule has 1 aliphatic heterocycles. The van der Waals surface area contributed by atoms with Crippen LogP contribution in [0.2, 0.25) is 0 Å². The second kappa shape index (κ2) is 8.46. The normalized spacial score (nSPS) is 23.9. The molecule has 2 aromatic rings. The first-order valence-electron chi connectivity index (χ1n) is 10.6. The van der Waals surface area contributed by atoms with Gasteiger partial charge in [-0.2, -0.15) is 0 Å². The van der Waals surface area contributed by atoms with E-state index in [1.807, 2.05) is 0 Å². The molecule has 31 heavy (non-hydrogen) atoms. The third kappa shape index (κ3) is 4.02. The minimum Gasteiger partial charge on any atom is -0.451 e. The number of benzene rings is 2. The molecule has 4 rings (SSSR count). The summed E-state index contributed by atoms with van der Waals surface area (Å²) in [5.74, 6) is -1.27. The summed E-state index contributed by atoms with van der Waals surface area (Å²) in [6, 6.07) is 14.8. The SMILES string of the molecule is C[C@@H]1CC[C@@H]2C(=O)N(c3ccc(C(=O)O[C@@H](C)C(=O)c4ccccc4)cc3)C(=O)[C@H]2C1. The Labute approximate surface area is 181 Å². The van der Waals surface area contributed by atoms with Crippen LogP contribution >= 0.6 is 0 Å². The lowest BCUT2D eigenvalue weighted by Crippen LogP contribution is -2.31. The Morgan fingerprint density at radius 2 is 1.55 bits per heavy atom. The van der Waals surface area contributed by atoms with E-state index in [0.29, 0.717) is 17.2 Å². The Hall–Kier alpha value is -3.28. The van der Waals surface area contributed by atoms with Gasteiger partial charge in [-0.3, -0.25) is 19.3 Å². The summed E-state index contributed by atoms with van der Waals surface area (Å²) in [7, 11) is 0. The number of hydrogen-bond acceptors (Lipinski definition) is 5. The fourth-order valence-electron chi connectivity index (χ4n) is 4.51. The molecule has 6 heteroatoms. The number of ketones is 1. The molecule has 0 N–H and O–H groups in total. The van der Waals surface area contributed by atoms with Crippen molar-refractivity contribution >= 4 is 29.3 Å². The number of ether oxygens (including phenoxy) is 1. The number of Topliss-reactive ketones (excluding diaryl/α,β-unsaturated/α-hetero) is 1. The molecular formula is C25H25NO5. The predicted octanol–water partition coefficient (Wildman–Crippen LogP) is 4.04. The molecule has 0 spiro atoms. The molecule has 4 atom stereocenters. The van der Waals surface area contributed by atoms with Crippen LogP contribution in [0.4, 0.5) is 5.69 Å². The monoisotopic (exact) mass is 419 g/mol. The van der Waals surface area contributed by atoms with E-state index in [0.717, 1.165) is 19.3 Å². The van der Waals surface area contributed by atoms with Crippen LogP contribution in [-0.4, -0.2) is 29.7 Å². The second-order valence-corrected chi connectivity index (χ2v) is 8.47. The minimum atomic E-state index is -0.929. The van der Waals surface area contributed by atoms with Crippen LogP contribution in [0.25, 0.3) is 0 Å². The maximum absolute atomic E-state index is 12.8. The first-order chi connectivity index (χ1) is 14.9. The van der Waals surface area contributed by atoms with Crippen LogP contribution in [0.5, 0.6) is 0 Å². The lowest BCUT2D eigenvalue weighted by Gasteiger charge is -2.25. The van der Waals surface area contributed by atoms with E-state index >= 15 is 0 Å². The zero-order chi connectivity index (χ0) is 22.1. The largest absolute Gasteiger partial charge is 0.451 e. The van der Waals surface area contributed by atoms with E-state index in [4.69, 9.17) is 4.74 Å². The topological polar surface area (TPSA) is 80.8 Å². The summed E-state index contributed by atoms with van der Waals surface area (Å²) in [4.78, 5) is 51.8. The number of nitrogens with zero attached hydrogens (tertiary/aromatic N) is 1. The van der Waals surface area contributed by atoms with Crippen molar-refractivity contribution in [3.05, 3.63) is 65.7 Å². The van der Waals surface area contributed by atoms with Gasteiger partial charge < -0.3 is 4.74 Å². The minimum absolute atomic E-state index is 0.153. The molecule has 1 saturated heterocycles. The third-order valence-electron chi connectivity index (χ3n) is 6.26. The van der Waals surface area contributed by atoms with Crippen molar-refractivity contribution in [1.82, 2.24) is 0 Å². The van der Waals surface area contributed by atoms with Gasteiger partial charge in [-0.25, -0.2) is 4.79 Å². The van der Waals surface area contributed by atoms with Crippen LogP contribution < -0.4 is 4.90 Å². The Morgan fingerprint density at radius 3 is 2.23 bits per heavy atom. The number of hydrogen-bond donors (Lipinski definition) is 0. The van der Waals surface area contributed by atoms with Crippen LogP contribution in [0.3, 0.4) is 0 Å². The first kappa shape index (κ1) is 21.0. The second-order valence-electron chi connectivity index (χ2n) is 8.47. The molecule has 2 amide bonds. The Kier molecular flexibility index (Phi) is 5.72. The van der Waals surface area contributed by atoms with Gasteiger partial charge in [-0.05, 0) is 56.4 Å². The molecule has 0 aromatic heterocycles. The summed E-state index contributed by atoms with van der Waals surface area (Å²) in [5, 5.41) is 0. The van der Waals surface area contributed by atoms with E-state index in [9.17, 15) is 19.2 Å². The van der Waals surface area contributed by atoms with Gasteiger partial charge in [0.15, 0.2) is 6.10 Å². The fourth-order valence-corrected chi connectivity index (χ4v) is 4.51. The van der Waals surface area contributed by atoms with Gasteiger partial charge in [0.05, 0.1) is 23.1 Å². The molecule has 1 heterocycles. The highest BCUT2D eigenvalue weighted by atomic mass is 16.5. The molecular weight excluding hydrogens is 394 g/mol. The Morgan fingerprint density at radius 1 is 0.903 bits per heavy atom. The standard InChI is InChI=1S/C25H25NO5/c1-15-8-13-20-21(14-15)24(29)26(23(20)28)19-11-9-18(10-12-19)25(30)31-16(2)22(27)17-6-4-3-5-7-17/h3-7,9-12,15-16,20-21H,8,13-14H2,1-2H3/t15-,16+,20+,21+/m1/s1. The van der Waals surface area contributed by atoms with Gasteiger partial charge in [-0.1, -0.05) is 37.3 Å². The Balaban J connectivity index is 1.44. The highest BCUT2D eigenvalue weighted by Gasteiger charge is 2.49. The first-order valence-corrected chi connectivity index (χ1v) is 10.6. The zero-order valence-electron chi connectivity index (χ0n) is 17.6. The summed E-state index contributed by atoms with van der Waals surface area (Å²) in [5.41, 5.74) is 1.18. The average molecular weight is 419 g/mol. The quantitative estimate of drug-likeness (QED) is 0.415. The molecule has 160 valence electrons. The van der Waals surface area contributed by atoms with Crippen LogP contribution in [-0.2, 0) is 14.3 Å². The van der Waals surface area contributed by atoms with E-state index in [-0.39, 0.29) is 35.0 Å². The molecule has 0 unspecified atom stereocenters. The average Bonchev–Trinajstić information content (AvgIpc) is 3.03. The number of rotatable bonds is 5. The number of amides is 2. The summed E-state index contributed by atoms with van der Waals surface area (Å²) in [6.07, 6.45) is 1.51. The van der Waals surface area contributed by atoms with Crippen LogP contribution in [0.1, 0.15) is 53.8 Å². The number of carbonyl (C=O) groups is 4. The van der Waals surface area contributed by atoms with Gasteiger partial charge in [0.25, 0.3) is 0 Å². The Bertz CT molecular complexity index is 1010. The highest BCUT2D eigenvalue weighted by molar-refractivity contribution is 6.22. The summed E-state index contributed by atoms with van der Waals surface area (Å²) < 4.78 is 5.31.